The van der Waals surface area contributed by atoms with Gasteiger partial charge >= 0.3 is 0 Å². The monoisotopic (exact) mass is 249 g/mol. The van der Waals surface area contributed by atoms with Crippen LogP contribution in [0, 0.1) is 0 Å². The quantitative estimate of drug-likeness (QED) is 0.612. The molecular formula is C14H7N3O2. The van der Waals surface area contributed by atoms with E-state index in [4.69, 9.17) is 0 Å². The molecule has 0 radical (unpaired) electrons. The fourth-order valence-corrected chi connectivity index (χ4v) is 2.36. The lowest BCUT2D eigenvalue weighted by Gasteiger charge is -2.13. The zero-order chi connectivity index (χ0) is 13.0. The summed E-state index contributed by atoms with van der Waals surface area (Å²) in [6.45, 7) is 0. The average molecular weight is 249 g/mol. The van der Waals surface area contributed by atoms with Crippen LogP contribution in [0.4, 0.5) is 0 Å². The largest absolute Gasteiger partial charge is 0.294 e. The smallest absolute Gasteiger partial charge is 0.275 e. The number of carbonyl (C=O) groups is 2. The van der Waals surface area contributed by atoms with Crippen LogP contribution >= 0.6 is 0 Å². The van der Waals surface area contributed by atoms with Gasteiger partial charge in [0, 0.05) is 17.1 Å². The van der Waals surface area contributed by atoms with Gasteiger partial charge in [0.2, 0.25) is 0 Å². The van der Waals surface area contributed by atoms with Gasteiger partial charge in [0.1, 0.15) is 5.69 Å². The molecule has 0 saturated heterocycles. The van der Waals surface area contributed by atoms with E-state index in [0.29, 0.717) is 5.69 Å². The molecule has 1 aromatic carbocycles. The summed E-state index contributed by atoms with van der Waals surface area (Å²) in [6.07, 6.45) is 2.62. The summed E-state index contributed by atoms with van der Waals surface area (Å²) in [4.78, 5) is 31.5. The SMILES string of the molecule is O=C1N=CC(=O)n2cc3nc4ccccc4c-3cc21. The Morgan fingerprint density at radius 3 is 2.84 bits per heavy atom. The van der Waals surface area contributed by atoms with Crippen LogP contribution in [-0.2, 0) is 0 Å². The molecule has 0 aromatic heterocycles. The molecular weight excluding hydrogens is 242 g/mol. The van der Waals surface area contributed by atoms with E-state index in [1.807, 2.05) is 24.3 Å². The molecule has 0 unspecified atom stereocenters. The standard InChI is InChI=1S/C14H7N3O2/c18-13-6-15-14(19)12-5-9-8-3-1-2-4-10(8)16-11(9)7-17(12)13/h1-7H. The summed E-state index contributed by atoms with van der Waals surface area (Å²) < 4.78 is 1.30. The molecule has 1 aromatic rings. The number of fused-ring (bicyclic) bond motifs is 4. The van der Waals surface area contributed by atoms with Gasteiger partial charge in [-0.3, -0.25) is 14.2 Å². The van der Waals surface area contributed by atoms with Gasteiger partial charge < -0.3 is 0 Å². The number of pyridine rings is 1. The van der Waals surface area contributed by atoms with Crippen LogP contribution in [0.5, 0.6) is 0 Å². The maximum Gasteiger partial charge on any atom is 0.294 e. The summed E-state index contributed by atoms with van der Waals surface area (Å²) in [5.41, 5.74) is 2.68. The van der Waals surface area contributed by atoms with Crippen LogP contribution < -0.4 is 0 Å². The number of hydrogen-bond acceptors (Lipinski definition) is 3. The first-order chi connectivity index (χ1) is 9.24. The second-order valence-electron chi connectivity index (χ2n) is 4.36. The van der Waals surface area contributed by atoms with Crippen molar-refractivity contribution in [1.29, 1.82) is 0 Å². The molecule has 3 aliphatic rings. The molecule has 0 aliphatic carbocycles. The van der Waals surface area contributed by atoms with Crippen molar-refractivity contribution in [3.8, 4) is 11.3 Å². The normalized spacial score (nSPS) is 14.3. The highest BCUT2D eigenvalue weighted by molar-refractivity contribution is 6.33. The van der Waals surface area contributed by atoms with Gasteiger partial charge in [-0.1, -0.05) is 18.2 Å². The van der Waals surface area contributed by atoms with E-state index in [-0.39, 0.29) is 11.6 Å². The Morgan fingerprint density at radius 2 is 1.95 bits per heavy atom. The minimum Gasteiger partial charge on any atom is -0.275 e. The van der Waals surface area contributed by atoms with Crippen molar-refractivity contribution in [1.82, 2.24) is 9.55 Å². The Labute approximate surface area is 107 Å². The lowest BCUT2D eigenvalue weighted by atomic mass is 10.1. The second kappa shape index (κ2) is 3.35. The Morgan fingerprint density at radius 1 is 1.11 bits per heavy atom. The van der Waals surface area contributed by atoms with Crippen molar-refractivity contribution in [2.24, 2.45) is 4.99 Å². The summed E-state index contributed by atoms with van der Waals surface area (Å²) in [5, 5.41) is 0.968. The van der Waals surface area contributed by atoms with Crippen LogP contribution in [0.1, 0.15) is 15.3 Å². The van der Waals surface area contributed by atoms with Gasteiger partial charge in [-0.25, -0.2) is 9.98 Å². The number of aliphatic imine (C=N–C) groups is 1. The van der Waals surface area contributed by atoms with Crippen LogP contribution in [0.2, 0.25) is 0 Å². The number of rotatable bonds is 0. The molecule has 0 spiro atoms. The van der Waals surface area contributed by atoms with E-state index in [2.05, 4.69) is 9.98 Å². The molecule has 4 rings (SSSR count). The highest BCUT2D eigenvalue weighted by Gasteiger charge is 2.23. The minimum atomic E-state index is -0.410. The molecule has 0 fully saturated rings. The van der Waals surface area contributed by atoms with Gasteiger partial charge in [0.05, 0.1) is 17.4 Å². The summed E-state index contributed by atoms with van der Waals surface area (Å²) in [5.74, 6) is -0.740. The number of aromatic nitrogens is 2. The van der Waals surface area contributed by atoms with Crippen molar-refractivity contribution in [2.45, 2.75) is 0 Å². The topological polar surface area (TPSA) is 64.3 Å². The number of amides is 1. The molecule has 0 bridgehead atoms. The molecule has 5 heteroatoms. The molecule has 3 heterocycles. The Balaban J connectivity index is 2.15. The lowest BCUT2D eigenvalue weighted by molar-refractivity contribution is 0.0925. The predicted octanol–water partition coefficient (Wildman–Crippen LogP) is 2.01. The lowest BCUT2D eigenvalue weighted by Crippen LogP contribution is -2.24. The molecule has 3 aliphatic heterocycles. The third-order valence-electron chi connectivity index (χ3n) is 3.25. The zero-order valence-electron chi connectivity index (χ0n) is 9.70. The van der Waals surface area contributed by atoms with E-state index < -0.39 is 5.91 Å². The fourth-order valence-electron chi connectivity index (χ4n) is 2.36. The molecule has 0 atom stereocenters. The summed E-state index contributed by atoms with van der Waals surface area (Å²) >= 11 is 0. The molecule has 0 N–H and O–H groups in total. The Hall–Kier alpha value is -2.82. The first kappa shape index (κ1) is 10.1. The van der Waals surface area contributed by atoms with Crippen LogP contribution in [0.25, 0.3) is 22.2 Å². The zero-order valence-corrected chi connectivity index (χ0v) is 9.70. The molecule has 0 saturated carbocycles. The van der Waals surface area contributed by atoms with E-state index >= 15 is 0 Å². The molecule has 5 nitrogen and oxygen atoms in total. The number of para-hydroxylation sites is 1. The number of nitrogens with zero attached hydrogens (tertiary/aromatic N) is 3. The Bertz CT molecular complexity index is 860. The molecule has 1 amide bonds. The molecule has 90 valence electrons. The maximum atomic E-state index is 11.7. The van der Waals surface area contributed by atoms with Gasteiger partial charge in [-0.05, 0) is 12.1 Å². The minimum absolute atomic E-state index is 0.276. The number of carbonyl (C=O) groups excluding carboxylic acids is 2. The van der Waals surface area contributed by atoms with Crippen molar-refractivity contribution in [3.05, 3.63) is 42.2 Å². The summed E-state index contributed by atoms with van der Waals surface area (Å²) in [7, 11) is 0. The first-order valence-electron chi connectivity index (χ1n) is 5.77. The molecule has 19 heavy (non-hydrogen) atoms. The average Bonchev–Trinajstić information content (AvgIpc) is 2.79. The Kier molecular flexibility index (Phi) is 1.79. The van der Waals surface area contributed by atoms with Crippen molar-refractivity contribution in [3.63, 3.8) is 0 Å². The summed E-state index contributed by atoms with van der Waals surface area (Å²) in [6, 6.07) is 9.35. The predicted molar refractivity (Wildman–Crippen MR) is 69.8 cm³/mol. The maximum absolute atomic E-state index is 11.7. The second-order valence-corrected chi connectivity index (χ2v) is 4.36. The van der Waals surface area contributed by atoms with Crippen LogP contribution in [-0.4, -0.2) is 27.6 Å². The van der Waals surface area contributed by atoms with Crippen LogP contribution in [0.3, 0.4) is 0 Å². The highest BCUT2D eigenvalue weighted by atomic mass is 16.2. The number of benzene rings is 1. The van der Waals surface area contributed by atoms with E-state index in [9.17, 15) is 9.59 Å². The van der Waals surface area contributed by atoms with Crippen LogP contribution in [0.15, 0.2) is 41.5 Å². The van der Waals surface area contributed by atoms with Gasteiger partial charge in [0.15, 0.2) is 0 Å². The van der Waals surface area contributed by atoms with E-state index in [1.54, 1.807) is 12.3 Å². The fraction of sp³-hybridized carbons (Fsp3) is 0. The van der Waals surface area contributed by atoms with Gasteiger partial charge in [0.25, 0.3) is 11.8 Å². The number of hydrogen-bond donors (Lipinski definition) is 0. The third kappa shape index (κ3) is 1.29. The third-order valence-corrected chi connectivity index (χ3v) is 3.25. The van der Waals surface area contributed by atoms with Gasteiger partial charge in [-0.2, -0.15) is 0 Å². The first-order valence-corrected chi connectivity index (χ1v) is 5.77. The van der Waals surface area contributed by atoms with E-state index in [1.165, 1.54) is 4.57 Å². The highest BCUT2D eigenvalue weighted by Crippen LogP contribution is 2.32. The van der Waals surface area contributed by atoms with Crippen molar-refractivity contribution >= 4 is 28.9 Å². The van der Waals surface area contributed by atoms with Crippen molar-refractivity contribution in [2.75, 3.05) is 0 Å². The van der Waals surface area contributed by atoms with Crippen molar-refractivity contribution < 1.29 is 9.59 Å². The van der Waals surface area contributed by atoms with Gasteiger partial charge in [-0.15, -0.1) is 0 Å². The van der Waals surface area contributed by atoms with E-state index in [0.717, 1.165) is 22.7 Å².